The molecule has 0 spiro atoms. The average Bonchev–Trinajstić information content (AvgIpc) is 2.81. The highest BCUT2D eigenvalue weighted by molar-refractivity contribution is 9.10. The number of nitrogens with one attached hydrogen (secondary N) is 1. The Kier molecular flexibility index (Phi) is 9.63. The molecule has 3 aromatic rings. The van der Waals surface area contributed by atoms with Crippen molar-refractivity contribution in [3.63, 3.8) is 0 Å². The maximum absolute atomic E-state index is 13.0. The van der Waals surface area contributed by atoms with Gasteiger partial charge >= 0.3 is 0 Å². The molecule has 0 heterocycles. The van der Waals surface area contributed by atoms with Gasteiger partial charge in [0.25, 0.3) is 5.91 Å². The third-order valence-electron chi connectivity index (χ3n) is 5.04. The number of hydrogen-bond acceptors (Lipinski definition) is 3. The van der Waals surface area contributed by atoms with Crippen LogP contribution in [-0.4, -0.2) is 19.1 Å². The van der Waals surface area contributed by atoms with E-state index < -0.39 is 0 Å². The molecule has 0 aliphatic heterocycles. The van der Waals surface area contributed by atoms with Crippen LogP contribution < -0.4 is 14.8 Å². The molecule has 0 aromatic heterocycles. The van der Waals surface area contributed by atoms with Crippen LogP contribution in [0.1, 0.15) is 48.5 Å². The van der Waals surface area contributed by atoms with E-state index in [1.54, 1.807) is 6.07 Å². The van der Waals surface area contributed by atoms with E-state index in [-0.39, 0.29) is 5.91 Å². The second-order valence-corrected chi connectivity index (χ2v) is 8.53. The van der Waals surface area contributed by atoms with E-state index >= 15 is 0 Å². The Morgan fingerprint density at radius 3 is 2.53 bits per heavy atom. The molecule has 0 atom stereocenters. The quantitative estimate of drug-likeness (QED) is 0.268. The summed E-state index contributed by atoms with van der Waals surface area (Å²) in [5.41, 5.74) is 2.42. The minimum atomic E-state index is -0.212. The molecule has 0 aliphatic rings. The number of carbonyl (C=O) groups excluding carboxylic acids is 1. The van der Waals surface area contributed by atoms with Gasteiger partial charge < -0.3 is 14.8 Å². The molecule has 0 unspecified atom stereocenters. The number of hydrogen-bond donors (Lipinski definition) is 1. The Labute approximate surface area is 199 Å². The molecule has 3 aromatic carbocycles. The maximum Gasteiger partial charge on any atom is 0.259 e. The molecule has 0 saturated carbocycles. The second kappa shape index (κ2) is 12.9. The molecule has 1 N–H and O–H groups in total. The van der Waals surface area contributed by atoms with Crippen molar-refractivity contribution in [1.29, 1.82) is 0 Å². The molecule has 0 saturated heterocycles. The Bertz CT molecular complexity index is 991. The normalized spacial score (nSPS) is 10.6. The summed E-state index contributed by atoms with van der Waals surface area (Å²) >= 11 is 3.46. The summed E-state index contributed by atoms with van der Waals surface area (Å²) in [6, 6.07) is 23.2. The zero-order valence-electron chi connectivity index (χ0n) is 18.5. The Morgan fingerprint density at radius 1 is 0.875 bits per heavy atom. The average molecular weight is 496 g/mol. The van der Waals surface area contributed by atoms with Crippen molar-refractivity contribution in [1.82, 2.24) is 0 Å². The summed E-state index contributed by atoms with van der Waals surface area (Å²) in [7, 11) is 0. The summed E-state index contributed by atoms with van der Waals surface area (Å²) in [6.07, 6.45) is 5.31. The molecular formula is C27H30BrNO3. The van der Waals surface area contributed by atoms with E-state index in [0.717, 1.165) is 29.5 Å². The molecule has 1 amide bonds. The molecule has 4 nitrogen and oxygen atoms in total. The van der Waals surface area contributed by atoms with Crippen molar-refractivity contribution in [2.24, 2.45) is 0 Å². The number of anilines is 1. The number of halogens is 1. The van der Waals surface area contributed by atoms with Gasteiger partial charge in [-0.05, 0) is 42.3 Å². The van der Waals surface area contributed by atoms with Gasteiger partial charge in [0, 0.05) is 22.6 Å². The standard InChI is InChI=1S/C27H30BrNO3/c1-2-3-4-8-17-32-26-15-14-22(28)19-25(26)27(30)29-23-12-9-13-24(20-23)31-18-16-21-10-6-5-7-11-21/h5-7,9-15,19-20H,2-4,8,16-18H2,1H3,(H,29,30). The highest BCUT2D eigenvalue weighted by Gasteiger charge is 2.14. The molecule has 0 bridgehead atoms. The van der Waals surface area contributed by atoms with Crippen molar-refractivity contribution in [2.45, 2.75) is 39.0 Å². The Morgan fingerprint density at radius 2 is 1.72 bits per heavy atom. The van der Waals surface area contributed by atoms with Crippen LogP contribution in [0.2, 0.25) is 0 Å². The van der Waals surface area contributed by atoms with Crippen molar-refractivity contribution < 1.29 is 14.3 Å². The van der Waals surface area contributed by atoms with E-state index in [1.165, 1.54) is 18.4 Å². The first kappa shape index (κ1) is 23.9. The largest absolute Gasteiger partial charge is 0.493 e. The van der Waals surface area contributed by atoms with Gasteiger partial charge in [-0.1, -0.05) is 78.5 Å². The van der Waals surface area contributed by atoms with E-state index in [1.807, 2.05) is 54.6 Å². The van der Waals surface area contributed by atoms with Gasteiger partial charge in [0.05, 0.1) is 18.8 Å². The number of carbonyl (C=O) groups is 1. The van der Waals surface area contributed by atoms with Crippen molar-refractivity contribution >= 4 is 27.5 Å². The first-order chi connectivity index (χ1) is 15.7. The summed E-state index contributed by atoms with van der Waals surface area (Å²) in [4.78, 5) is 13.0. The van der Waals surface area contributed by atoms with Gasteiger partial charge in [0.2, 0.25) is 0 Å². The molecule has 168 valence electrons. The van der Waals surface area contributed by atoms with Gasteiger partial charge in [-0.25, -0.2) is 0 Å². The maximum atomic E-state index is 13.0. The van der Waals surface area contributed by atoms with E-state index in [2.05, 4.69) is 40.3 Å². The van der Waals surface area contributed by atoms with Crippen LogP contribution in [0.5, 0.6) is 11.5 Å². The smallest absolute Gasteiger partial charge is 0.259 e. The lowest BCUT2D eigenvalue weighted by Gasteiger charge is -2.13. The summed E-state index contributed by atoms with van der Waals surface area (Å²) in [5.74, 6) is 1.11. The molecule has 0 radical (unpaired) electrons. The van der Waals surface area contributed by atoms with Crippen LogP contribution in [0.25, 0.3) is 0 Å². The first-order valence-electron chi connectivity index (χ1n) is 11.2. The fourth-order valence-electron chi connectivity index (χ4n) is 3.31. The highest BCUT2D eigenvalue weighted by Crippen LogP contribution is 2.26. The summed E-state index contributed by atoms with van der Waals surface area (Å²) in [5, 5.41) is 2.97. The van der Waals surface area contributed by atoms with Crippen molar-refractivity contribution in [3.8, 4) is 11.5 Å². The number of rotatable bonds is 12. The van der Waals surface area contributed by atoms with Crippen LogP contribution in [0.4, 0.5) is 5.69 Å². The fourth-order valence-corrected chi connectivity index (χ4v) is 3.67. The number of amides is 1. The Balaban J connectivity index is 1.59. The lowest BCUT2D eigenvalue weighted by molar-refractivity contribution is 0.102. The molecule has 0 fully saturated rings. The summed E-state index contributed by atoms with van der Waals surface area (Å²) < 4.78 is 12.6. The van der Waals surface area contributed by atoms with Crippen LogP contribution >= 0.6 is 15.9 Å². The first-order valence-corrected chi connectivity index (χ1v) is 12.0. The van der Waals surface area contributed by atoms with Crippen LogP contribution in [-0.2, 0) is 6.42 Å². The SMILES string of the molecule is CCCCCCOc1ccc(Br)cc1C(=O)Nc1cccc(OCCc2ccccc2)c1. The summed E-state index contributed by atoms with van der Waals surface area (Å²) in [6.45, 7) is 3.36. The van der Waals surface area contributed by atoms with Gasteiger partial charge in [0.15, 0.2) is 0 Å². The topological polar surface area (TPSA) is 47.6 Å². The van der Waals surface area contributed by atoms with E-state index in [9.17, 15) is 4.79 Å². The lowest BCUT2D eigenvalue weighted by Crippen LogP contribution is -2.14. The number of ether oxygens (including phenoxy) is 2. The van der Waals surface area contributed by atoms with E-state index in [4.69, 9.17) is 9.47 Å². The van der Waals surface area contributed by atoms with Gasteiger partial charge in [-0.2, -0.15) is 0 Å². The monoisotopic (exact) mass is 495 g/mol. The minimum Gasteiger partial charge on any atom is -0.493 e. The highest BCUT2D eigenvalue weighted by atomic mass is 79.9. The van der Waals surface area contributed by atoms with Gasteiger partial charge in [-0.15, -0.1) is 0 Å². The predicted molar refractivity (Wildman–Crippen MR) is 134 cm³/mol. The minimum absolute atomic E-state index is 0.212. The zero-order chi connectivity index (χ0) is 22.6. The van der Waals surface area contributed by atoms with Gasteiger partial charge in [-0.3, -0.25) is 4.79 Å². The Hall–Kier alpha value is -2.79. The van der Waals surface area contributed by atoms with Crippen LogP contribution in [0, 0.1) is 0 Å². The molecular weight excluding hydrogens is 466 g/mol. The van der Waals surface area contributed by atoms with Gasteiger partial charge in [0.1, 0.15) is 11.5 Å². The molecule has 0 aliphatic carbocycles. The fraction of sp³-hybridized carbons (Fsp3) is 0.296. The van der Waals surface area contributed by atoms with E-state index in [0.29, 0.717) is 30.2 Å². The number of benzene rings is 3. The zero-order valence-corrected chi connectivity index (χ0v) is 20.1. The molecule has 3 rings (SSSR count). The van der Waals surface area contributed by atoms with Crippen molar-refractivity contribution in [3.05, 3.63) is 88.4 Å². The molecule has 32 heavy (non-hydrogen) atoms. The van der Waals surface area contributed by atoms with Crippen molar-refractivity contribution in [2.75, 3.05) is 18.5 Å². The third-order valence-corrected chi connectivity index (χ3v) is 5.53. The van der Waals surface area contributed by atoms with Crippen LogP contribution in [0.3, 0.4) is 0 Å². The van der Waals surface area contributed by atoms with Crippen LogP contribution in [0.15, 0.2) is 77.3 Å². The molecule has 5 heteroatoms. The predicted octanol–water partition coefficient (Wildman–Crippen LogP) is 7.28. The second-order valence-electron chi connectivity index (χ2n) is 7.62. The number of unbranched alkanes of at least 4 members (excludes halogenated alkanes) is 3. The lowest BCUT2D eigenvalue weighted by atomic mass is 10.1. The third kappa shape index (κ3) is 7.72.